The molecule has 2 aromatic heterocycles. The zero-order valence-corrected chi connectivity index (χ0v) is 16.8. The van der Waals surface area contributed by atoms with Crippen molar-refractivity contribution >= 4 is 5.78 Å². The number of aryl methyl sites for hydroxylation is 2. The SMILES string of the molecule is CO/C=C1/CC2(C)c3nn(C)c(-c4nc(C)no4)c3CC[C@H]2C(C)(C)C1=O. The third kappa shape index (κ3) is 2.40. The van der Waals surface area contributed by atoms with E-state index < -0.39 is 5.41 Å². The summed E-state index contributed by atoms with van der Waals surface area (Å²) in [5.74, 6) is 1.50. The molecule has 2 aliphatic carbocycles. The van der Waals surface area contributed by atoms with Crippen molar-refractivity contribution in [3.63, 3.8) is 0 Å². The minimum absolute atomic E-state index is 0.180. The van der Waals surface area contributed by atoms with Gasteiger partial charge >= 0.3 is 0 Å². The van der Waals surface area contributed by atoms with Crippen molar-refractivity contribution in [2.45, 2.75) is 52.4 Å². The molecular formula is C20H26N4O3. The molecule has 0 aliphatic heterocycles. The zero-order valence-electron chi connectivity index (χ0n) is 16.8. The van der Waals surface area contributed by atoms with Gasteiger partial charge in [0.15, 0.2) is 11.6 Å². The van der Waals surface area contributed by atoms with E-state index in [9.17, 15) is 4.79 Å². The molecule has 0 amide bonds. The van der Waals surface area contributed by atoms with Crippen LogP contribution in [0.1, 0.15) is 50.7 Å². The largest absolute Gasteiger partial charge is 0.504 e. The fourth-order valence-electron chi connectivity index (χ4n) is 5.35. The highest BCUT2D eigenvalue weighted by molar-refractivity contribution is 6.01. The fraction of sp³-hybridized carbons (Fsp3) is 0.600. The molecule has 7 nitrogen and oxygen atoms in total. The summed E-state index contributed by atoms with van der Waals surface area (Å²) >= 11 is 0. The molecule has 0 aromatic carbocycles. The molecule has 0 bridgehead atoms. The molecule has 2 atom stereocenters. The average Bonchev–Trinajstić information content (AvgIpc) is 3.16. The lowest BCUT2D eigenvalue weighted by Gasteiger charge is -2.52. The molecule has 27 heavy (non-hydrogen) atoms. The van der Waals surface area contributed by atoms with Gasteiger partial charge in [-0.3, -0.25) is 9.48 Å². The lowest BCUT2D eigenvalue weighted by molar-refractivity contribution is -0.131. The Morgan fingerprint density at radius 2 is 2.07 bits per heavy atom. The average molecular weight is 370 g/mol. The number of fused-ring (bicyclic) bond motifs is 3. The smallest absolute Gasteiger partial charge is 0.276 e. The first kappa shape index (κ1) is 17.9. The van der Waals surface area contributed by atoms with Gasteiger partial charge in [-0.15, -0.1) is 0 Å². The fourth-order valence-corrected chi connectivity index (χ4v) is 5.35. The molecule has 2 aliphatic rings. The second-order valence-electron chi connectivity index (χ2n) is 8.56. The predicted molar refractivity (Wildman–Crippen MR) is 98.9 cm³/mol. The summed E-state index contributed by atoms with van der Waals surface area (Å²) in [6.45, 7) is 8.14. The lowest BCUT2D eigenvalue weighted by atomic mass is 9.50. The second-order valence-corrected chi connectivity index (χ2v) is 8.56. The van der Waals surface area contributed by atoms with Gasteiger partial charge in [0.1, 0.15) is 5.69 Å². The van der Waals surface area contributed by atoms with E-state index >= 15 is 0 Å². The molecular weight excluding hydrogens is 344 g/mol. The van der Waals surface area contributed by atoms with Gasteiger partial charge in [0.05, 0.1) is 19.1 Å². The number of rotatable bonds is 2. The molecule has 4 rings (SSSR count). The number of nitrogens with zero attached hydrogens (tertiary/aromatic N) is 4. The molecule has 0 saturated heterocycles. The molecule has 1 fully saturated rings. The molecule has 2 heterocycles. The molecule has 1 unspecified atom stereocenters. The van der Waals surface area contributed by atoms with E-state index in [-0.39, 0.29) is 17.1 Å². The van der Waals surface area contributed by atoms with Crippen LogP contribution in [0.3, 0.4) is 0 Å². The van der Waals surface area contributed by atoms with Gasteiger partial charge in [0.25, 0.3) is 5.89 Å². The Bertz CT molecular complexity index is 953. The van der Waals surface area contributed by atoms with Crippen molar-refractivity contribution in [3.05, 3.63) is 28.9 Å². The third-order valence-corrected chi connectivity index (χ3v) is 6.43. The topological polar surface area (TPSA) is 83.0 Å². The maximum atomic E-state index is 13.0. The Morgan fingerprint density at radius 1 is 1.33 bits per heavy atom. The van der Waals surface area contributed by atoms with E-state index in [2.05, 4.69) is 30.9 Å². The first-order valence-corrected chi connectivity index (χ1v) is 9.33. The standard InChI is InChI=1S/C20H26N4O3/c1-11-21-18(27-23-11)15-13-7-8-14-19(2,3)17(25)12(10-26-6)9-20(14,4)16(13)22-24(15)5/h10,14H,7-9H2,1-6H3/b12-10-/t14-,20?/m0/s1. The number of allylic oxidation sites excluding steroid dienone is 1. The Morgan fingerprint density at radius 3 is 2.70 bits per heavy atom. The minimum atomic E-state index is -0.464. The maximum Gasteiger partial charge on any atom is 0.276 e. The van der Waals surface area contributed by atoms with Crippen LogP contribution in [0.4, 0.5) is 0 Å². The minimum Gasteiger partial charge on any atom is -0.504 e. The van der Waals surface area contributed by atoms with Crippen molar-refractivity contribution in [3.8, 4) is 11.6 Å². The van der Waals surface area contributed by atoms with Crippen LogP contribution in [0, 0.1) is 18.3 Å². The Hall–Kier alpha value is -2.44. The summed E-state index contributed by atoms with van der Waals surface area (Å²) < 4.78 is 12.5. The summed E-state index contributed by atoms with van der Waals surface area (Å²) in [6, 6.07) is 0. The highest BCUT2D eigenvalue weighted by atomic mass is 16.5. The number of ether oxygens (including phenoxy) is 1. The molecule has 0 spiro atoms. The summed E-state index contributed by atoms with van der Waals surface area (Å²) in [7, 11) is 3.50. The molecule has 2 aromatic rings. The molecule has 7 heteroatoms. The molecule has 1 saturated carbocycles. The summed E-state index contributed by atoms with van der Waals surface area (Å²) in [4.78, 5) is 17.4. The van der Waals surface area contributed by atoms with Gasteiger partial charge in [0.2, 0.25) is 0 Å². The predicted octanol–water partition coefficient (Wildman–Crippen LogP) is 3.13. The van der Waals surface area contributed by atoms with Crippen LogP contribution in [-0.2, 0) is 28.4 Å². The van der Waals surface area contributed by atoms with E-state index in [0.29, 0.717) is 18.1 Å². The van der Waals surface area contributed by atoms with Gasteiger partial charge in [-0.1, -0.05) is 25.9 Å². The quantitative estimate of drug-likeness (QED) is 0.597. The number of Topliss-reactive ketones (excluding diaryl/α,β-unsaturated/α-hetero) is 1. The number of carbonyl (C=O) groups excluding carboxylic acids is 1. The van der Waals surface area contributed by atoms with Crippen LogP contribution in [0.5, 0.6) is 0 Å². The highest BCUT2D eigenvalue weighted by Gasteiger charge is 2.57. The highest BCUT2D eigenvalue weighted by Crippen LogP contribution is 2.57. The van der Waals surface area contributed by atoms with Gasteiger partial charge in [0, 0.05) is 29.0 Å². The first-order chi connectivity index (χ1) is 12.7. The van der Waals surface area contributed by atoms with Gasteiger partial charge < -0.3 is 9.26 Å². The number of ketones is 1. The maximum absolute atomic E-state index is 13.0. The molecule has 0 radical (unpaired) electrons. The monoisotopic (exact) mass is 370 g/mol. The molecule has 0 N–H and O–H groups in total. The second kappa shape index (κ2) is 5.78. The van der Waals surface area contributed by atoms with E-state index in [1.807, 2.05) is 18.7 Å². The van der Waals surface area contributed by atoms with Crippen molar-refractivity contribution in [1.82, 2.24) is 19.9 Å². The van der Waals surface area contributed by atoms with Gasteiger partial charge in [-0.25, -0.2) is 0 Å². The van der Waals surface area contributed by atoms with Crippen LogP contribution in [-0.4, -0.2) is 32.8 Å². The van der Waals surface area contributed by atoms with Crippen molar-refractivity contribution in [2.75, 3.05) is 7.11 Å². The molecule has 144 valence electrons. The Kier molecular flexibility index (Phi) is 3.84. The lowest BCUT2D eigenvalue weighted by Crippen LogP contribution is -2.53. The van der Waals surface area contributed by atoms with Crippen molar-refractivity contribution in [2.24, 2.45) is 18.4 Å². The summed E-state index contributed by atoms with van der Waals surface area (Å²) in [6.07, 6.45) is 4.00. The van der Waals surface area contributed by atoms with Crippen LogP contribution < -0.4 is 0 Å². The number of hydrogen-bond donors (Lipinski definition) is 0. The van der Waals surface area contributed by atoms with E-state index in [4.69, 9.17) is 14.4 Å². The Balaban J connectivity index is 1.89. The normalized spacial score (nSPS) is 28.1. The van der Waals surface area contributed by atoms with Gasteiger partial charge in [-0.05, 0) is 32.1 Å². The number of aromatic nitrogens is 4. The van der Waals surface area contributed by atoms with Crippen LogP contribution in [0.25, 0.3) is 11.6 Å². The first-order valence-electron chi connectivity index (χ1n) is 9.33. The third-order valence-electron chi connectivity index (χ3n) is 6.43. The Labute approximate surface area is 158 Å². The number of methoxy groups -OCH3 is 1. The van der Waals surface area contributed by atoms with E-state index in [0.717, 1.165) is 35.4 Å². The van der Waals surface area contributed by atoms with Crippen molar-refractivity contribution in [1.29, 1.82) is 0 Å². The van der Waals surface area contributed by atoms with E-state index in [1.54, 1.807) is 13.4 Å². The number of carbonyl (C=O) groups is 1. The zero-order chi connectivity index (χ0) is 19.6. The van der Waals surface area contributed by atoms with Crippen LogP contribution in [0.15, 0.2) is 16.4 Å². The van der Waals surface area contributed by atoms with Gasteiger partial charge in [-0.2, -0.15) is 10.1 Å². The van der Waals surface area contributed by atoms with Crippen LogP contribution in [0.2, 0.25) is 0 Å². The van der Waals surface area contributed by atoms with Crippen LogP contribution >= 0.6 is 0 Å². The summed E-state index contributed by atoms with van der Waals surface area (Å²) in [5.41, 5.74) is 3.09. The van der Waals surface area contributed by atoms with Crippen molar-refractivity contribution < 1.29 is 14.1 Å². The number of hydrogen-bond acceptors (Lipinski definition) is 6. The summed E-state index contributed by atoms with van der Waals surface area (Å²) in [5, 5.41) is 8.82. The van der Waals surface area contributed by atoms with E-state index in [1.165, 1.54) is 0 Å².